The zero-order valence-corrected chi connectivity index (χ0v) is 7.80. The maximum Gasteiger partial charge on any atom is 0.407 e. The van der Waals surface area contributed by atoms with Gasteiger partial charge in [0, 0.05) is 0 Å². The lowest BCUT2D eigenvalue weighted by atomic mass is 10.1. The van der Waals surface area contributed by atoms with Gasteiger partial charge in [-0.2, -0.15) is 0 Å². The number of amides is 1. The first-order valence-electron chi connectivity index (χ1n) is 4.52. The summed E-state index contributed by atoms with van der Waals surface area (Å²) in [7, 11) is 0. The molecule has 1 saturated heterocycles. The highest BCUT2D eigenvalue weighted by atomic mass is 19.2. The van der Waals surface area contributed by atoms with E-state index in [2.05, 4.69) is 10.1 Å². The Labute approximate surface area is 85.0 Å². The van der Waals surface area contributed by atoms with E-state index in [1.165, 1.54) is 6.07 Å². The predicted molar refractivity (Wildman–Crippen MR) is 48.3 cm³/mol. The Kier molecular flexibility index (Phi) is 2.53. The second-order valence-electron chi connectivity index (χ2n) is 3.39. The van der Waals surface area contributed by atoms with E-state index < -0.39 is 17.7 Å². The molecule has 1 aliphatic rings. The summed E-state index contributed by atoms with van der Waals surface area (Å²) < 4.78 is 30.1. The lowest BCUT2D eigenvalue weighted by Gasteiger charge is -2.07. The maximum atomic E-state index is 12.8. The predicted octanol–water partition coefficient (Wildman–Crippen LogP) is 1.62. The Morgan fingerprint density at radius 1 is 1.40 bits per heavy atom. The molecule has 1 aromatic carbocycles. The number of carbonyl (C=O) groups is 1. The van der Waals surface area contributed by atoms with Crippen LogP contribution >= 0.6 is 0 Å². The second kappa shape index (κ2) is 3.84. The van der Waals surface area contributed by atoms with Crippen LogP contribution in [0.1, 0.15) is 5.56 Å². The molecule has 0 radical (unpaired) electrons. The minimum absolute atomic E-state index is 0.164. The summed E-state index contributed by atoms with van der Waals surface area (Å²) in [6.07, 6.45) is -0.0364. The van der Waals surface area contributed by atoms with Crippen molar-refractivity contribution >= 4 is 6.09 Å². The van der Waals surface area contributed by atoms with Gasteiger partial charge >= 0.3 is 6.09 Å². The van der Waals surface area contributed by atoms with Crippen molar-refractivity contribution in [1.29, 1.82) is 0 Å². The molecule has 0 saturated carbocycles. The lowest BCUT2D eigenvalue weighted by Crippen LogP contribution is -2.28. The molecule has 0 bridgehead atoms. The number of halogens is 2. The zero-order valence-electron chi connectivity index (χ0n) is 7.80. The Balaban J connectivity index is 2.05. The van der Waals surface area contributed by atoms with Crippen LogP contribution < -0.4 is 5.32 Å². The van der Waals surface area contributed by atoms with E-state index in [1.807, 2.05) is 0 Å². The highest BCUT2D eigenvalue weighted by molar-refractivity contribution is 5.69. The molecular formula is C10H9F2NO2. The van der Waals surface area contributed by atoms with Crippen LogP contribution in [0.25, 0.3) is 0 Å². The second-order valence-corrected chi connectivity index (χ2v) is 3.39. The molecule has 1 unspecified atom stereocenters. The molecular weight excluding hydrogens is 204 g/mol. The molecule has 1 aliphatic heterocycles. The van der Waals surface area contributed by atoms with Gasteiger partial charge in [-0.25, -0.2) is 13.6 Å². The van der Waals surface area contributed by atoms with Crippen molar-refractivity contribution in [3.63, 3.8) is 0 Å². The number of alkyl carbamates (subject to hydrolysis) is 1. The fourth-order valence-electron chi connectivity index (χ4n) is 1.49. The van der Waals surface area contributed by atoms with Gasteiger partial charge in [-0.1, -0.05) is 6.07 Å². The molecule has 3 nitrogen and oxygen atoms in total. The van der Waals surface area contributed by atoms with Crippen LogP contribution in [0.3, 0.4) is 0 Å². The molecule has 1 aromatic rings. The molecule has 1 amide bonds. The quantitative estimate of drug-likeness (QED) is 0.810. The number of hydrogen-bond acceptors (Lipinski definition) is 2. The van der Waals surface area contributed by atoms with Crippen molar-refractivity contribution in [3.05, 3.63) is 35.4 Å². The fourth-order valence-corrected chi connectivity index (χ4v) is 1.49. The topological polar surface area (TPSA) is 38.3 Å². The first-order valence-corrected chi connectivity index (χ1v) is 4.52. The molecule has 1 atom stereocenters. The largest absolute Gasteiger partial charge is 0.447 e. The smallest absolute Gasteiger partial charge is 0.407 e. The molecule has 2 rings (SSSR count). The van der Waals surface area contributed by atoms with Gasteiger partial charge in [-0.3, -0.25) is 0 Å². The first kappa shape index (κ1) is 9.89. The molecule has 1 N–H and O–H groups in total. The average Bonchev–Trinajstić information content (AvgIpc) is 2.58. The normalized spacial score (nSPS) is 19.9. The highest BCUT2D eigenvalue weighted by Gasteiger charge is 2.22. The van der Waals surface area contributed by atoms with Crippen molar-refractivity contribution in [2.45, 2.75) is 12.5 Å². The van der Waals surface area contributed by atoms with E-state index in [4.69, 9.17) is 0 Å². The third kappa shape index (κ3) is 2.23. The van der Waals surface area contributed by atoms with Gasteiger partial charge in [0.15, 0.2) is 11.6 Å². The Bertz CT molecular complexity index is 395. The van der Waals surface area contributed by atoms with Gasteiger partial charge < -0.3 is 10.1 Å². The van der Waals surface area contributed by atoms with E-state index in [-0.39, 0.29) is 12.6 Å². The molecule has 0 aliphatic carbocycles. The summed E-state index contributed by atoms with van der Waals surface area (Å²) >= 11 is 0. The molecule has 0 aromatic heterocycles. The van der Waals surface area contributed by atoms with E-state index in [9.17, 15) is 13.6 Å². The van der Waals surface area contributed by atoms with Crippen molar-refractivity contribution in [3.8, 4) is 0 Å². The van der Waals surface area contributed by atoms with Crippen molar-refractivity contribution < 1.29 is 18.3 Å². The third-order valence-electron chi connectivity index (χ3n) is 2.20. The van der Waals surface area contributed by atoms with Crippen LogP contribution in [-0.4, -0.2) is 18.7 Å². The van der Waals surface area contributed by atoms with Crippen molar-refractivity contribution in [2.75, 3.05) is 6.61 Å². The van der Waals surface area contributed by atoms with Crippen LogP contribution in [-0.2, 0) is 11.2 Å². The van der Waals surface area contributed by atoms with E-state index >= 15 is 0 Å². The Morgan fingerprint density at radius 2 is 2.20 bits per heavy atom. The average molecular weight is 213 g/mol. The number of cyclic esters (lactones) is 1. The van der Waals surface area contributed by atoms with Crippen LogP contribution in [0.5, 0.6) is 0 Å². The molecule has 80 valence electrons. The standard InChI is InChI=1S/C10H9F2NO2/c11-8-2-1-6(4-9(8)12)3-7-5-15-10(14)13-7/h1-2,4,7H,3,5H2,(H,13,14). The summed E-state index contributed by atoms with van der Waals surface area (Å²) in [6.45, 7) is 0.262. The number of hydrogen-bond donors (Lipinski definition) is 1. The van der Waals surface area contributed by atoms with E-state index in [0.717, 1.165) is 12.1 Å². The van der Waals surface area contributed by atoms with Gasteiger partial charge in [-0.15, -0.1) is 0 Å². The number of rotatable bonds is 2. The van der Waals surface area contributed by atoms with Crippen molar-refractivity contribution in [2.24, 2.45) is 0 Å². The fraction of sp³-hybridized carbons (Fsp3) is 0.300. The summed E-state index contributed by atoms with van der Waals surface area (Å²) in [6, 6.07) is 3.52. The van der Waals surface area contributed by atoms with Crippen LogP contribution in [0.2, 0.25) is 0 Å². The van der Waals surface area contributed by atoms with Gasteiger partial charge in [0.05, 0.1) is 6.04 Å². The molecule has 1 heterocycles. The summed E-state index contributed by atoms with van der Waals surface area (Å²) in [5.74, 6) is -1.75. The van der Waals surface area contributed by atoms with E-state index in [1.54, 1.807) is 0 Å². The summed E-state index contributed by atoms with van der Waals surface area (Å²) in [5, 5.41) is 2.56. The van der Waals surface area contributed by atoms with Crippen LogP contribution in [0.4, 0.5) is 13.6 Å². The minimum Gasteiger partial charge on any atom is -0.447 e. The third-order valence-corrected chi connectivity index (χ3v) is 2.20. The minimum atomic E-state index is -0.877. The monoisotopic (exact) mass is 213 g/mol. The summed E-state index contributed by atoms with van der Waals surface area (Å²) in [5.41, 5.74) is 0.629. The van der Waals surface area contributed by atoms with E-state index in [0.29, 0.717) is 12.0 Å². The van der Waals surface area contributed by atoms with Gasteiger partial charge in [-0.05, 0) is 24.1 Å². The Morgan fingerprint density at radius 3 is 2.80 bits per heavy atom. The maximum absolute atomic E-state index is 12.8. The van der Waals surface area contributed by atoms with Gasteiger partial charge in [0.25, 0.3) is 0 Å². The van der Waals surface area contributed by atoms with Crippen LogP contribution in [0.15, 0.2) is 18.2 Å². The summed E-state index contributed by atoms with van der Waals surface area (Å²) in [4.78, 5) is 10.7. The number of carbonyl (C=O) groups excluding carboxylic acids is 1. The molecule has 5 heteroatoms. The molecule has 0 spiro atoms. The number of ether oxygens (including phenoxy) is 1. The van der Waals surface area contributed by atoms with Crippen molar-refractivity contribution in [1.82, 2.24) is 5.32 Å². The molecule has 15 heavy (non-hydrogen) atoms. The zero-order chi connectivity index (χ0) is 10.8. The lowest BCUT2D eigenvalue weighted by molar-refractivity contribution is 0.177. The SMILES string of the molecule is O=C1NC(Cc2ccc(F)c(F)c2)CO1. The number of nitrogens with one attached hydrogen (secondary N) is 1. The Hall–Kier alpha value is -1.65. The number of benzene rings is 1. The molecule has 1 fully saturated rings. The highest BCUT2D eigenvalue weighted by Crippen LogP contribution is 2.12. The van der Waals surface area contributed by atoms with Crippen LogP contribution in [0, 0.1) is 11.6 Å². The first-order chi connectivity index (χ1) is 7.15. The van der Waals surface area contributed by atoms with Gasteiger partial charge in [0.1, 0.15) is 6.61 Å². The van der Waals surface area contributed by atoms with Gasteiger partial charge in [0.2, 0.25) is 0 Å².